The summed E-state index contributed by atoms with van der Waals surface area (Å²) in [5, 5.41) is 0. The van der Waals surface area contributed by atoms with Crippen LogP contribution in [-0.4, -0.2) is 38.4 Å². The van der Waals surface area contributed by atoms with Gasteiger partial charge in [0.2, 0.25) is 0 Å². The van der Waals surface area contributed by atoms with Gasteiger partial charge in [-0.3, -0.25) is 4.79 Å². The van der Waals surface area contributed by atoms with Crippen molar-refractivity contribution in [2.45, 2.75) is 19.3 Å². The Labute approximate surface area is 140 Å². The normalized spacial score (nSPS) is 17.6. The van der Waals surface area contributed by atoms with E-state index in [9.17, 15) is 4.79 Å². The Morgan fingerprint density at radius 2 is 2.12 bits per heavy atom. The van der Waals surface area contributed by atoms with Gasteiger partial charge < -0.3 is 9.47 Å². The summed E-state index contributed by atoms with van der Waals surface area (Å²) in [6.45, 7) is 3.49. The van der Waals surface area contributed by atoms with E-state index in [0.29, 0.717) is 6.54 Å². The van der Waals surface area contributed by atoms with Crippen LogP contribution in [0.2, 0.25) is 0 Å². The van der Waals surface area contributed by atoms with Gasteiger partial charge in [0.15, 0.2) is 5.65 Å². The minimum absolute atomic E-state index is 0.109. The largest absolute Gasteiger partial charge is 0.338 e. The van der Waals surface area contributed by atoms with Crippen LogP contribution in [0.3, 0.4) is 0 Å². The van der Waals surface area contributed by atoms with E-state index in [4.69, 9.17) is 4.98 Å². The number of pyridine rings is 1. The second kappa shape index (κ2) is 5.74. The SMILES string of the molecule is Cc1cccc(C(=O)N2CC[C@H](c3nc4cccnc4n3C)C2)c1. The Morgan fingerprint density at radius 3 is 2.92 bits per heavy atom. The number of rotatable bonds is 2. The topological polar surface area (TPSA) is 51.0 Å². The molecule has 0 aliphatic carbocycles. The van der Waals surface area contributed by atoms with Gasteiger partial charge in [0.25, 0.3) is 5.91 Å². The lowest BCUT2D eigenvalue weighted by atomic mass is 10.1. The molecule has 1 amide bonds. The number of hydrogen-bond acceptors (Lipinski definition) is 3. The number of nitrogens with zero attached hydrogens (tertiary/aromatic N) is 4. The van der Waals surface area contributed by atoms with Gasteiger partial charge in [-0.05, 0) is 37.6 Å². The first-order chi connectivity index (χ1) is 11.6. The van der Waals surface area contributed by atoms with Crippen LogP contribution in [0.25, 0.3) is 11.2 Å². The van der Waals surface area contributed by atoms with Crippen LogP contribution in [0.5, 0.6) is 0 Å². The zero-order chi connectivity index (χ0) is 16.7. The third-order valence-electron chi connectivity index (χ3n) is 4.77. The van der Waals surface area contributed by atoms with Crippen LogP contribution in [-0.2, 0) is 7.05 Å². The maximum Gasteiger partial charge on any atom is 0.253 e. The van der Waals surface area contributed by atoms with Crippen molar-refractivity contribution >= 4 is 17.1 Å². The standard InChI is InChI=1S/C19H20N4O/c1-13-5-3-6-14(11-13)19(24)23-10-8-15(12-23)17-21-16-7-4-9-20-18(16)22(17)2/h3-7,9,11,15H,8,10,12H2,1-2H3/t15-/m0/s1. The lowest BCUT2D eigenvalue weighted by Gasteiger charge is -2.17. The van der Waals surface area contributed by atoms with Gasteiger partial charge in [0, 0.05) is 37.8 Å². The second-order valence-corrected chi connectivity index (χ2v) is 6.48. The summed E-state index contributed by atoms with van der Waals surface area (Å²) in [5.74, 6) is 1.39. The van der Waals surface area contributed by atoms with E-state index >= 15 is 0 Å². The summed E-state index contributed by atoms with van der Waals surface area (Å²) in [7, 11) is 2.00. The maximum atomic E-state index is 12.7. The van der Waals surface area contributed by atoms with Crippen molar-refractivity contribution in [2.75, 3.05) is 13.1 Å². The number of fused-ring (bicyclic) bond motifs is 1. The van der Waals surface area contributed by atoms with Gasteiger partial charge >= 0.3 is 0 Å². The van der Waals surface area contributed by atoms with Crippen LogP contribution in [0.1, 0.15) is 34.1 Å². The molecule has 1 aliphatic heterocycles. The van der Waals surface area contributed by atoms with E-state index in [0.717, 1.165) is 41.1 Å². The lowest BCUT2D eigenvalue weighted by molar-refractivity contribution is 0.0790. The van der Waals surface area contributed by atoms with Crippen molar-refractivity contribution in [3.63, 3.8) is 0 Å². The van der Waals surface area contributed by atoms with E-state index in [1.54, 1.807) is 6.20 Å². The quantitative estimate of drug-likeness (QED) is 0.729. The highest BCUT2D eigenvalue weighted by molar-refractivity contribution is 5.94. The number of carbonyl (C=O) groups is 1. The molecule has 1 fully saturated rings. The molecule has 1 aliphatic rings. The van der Waals surface area contributed by atoms with Gasteiger partial charge in [-0.25, -0.2) is 9.97 Å². The average Bonchev–Trinajstić information content (AvgIpc) is 3.20. The van der Waals surface area contributed by atoms with E-state index < -0.39 is 0 Å². The highest BCUT2D eigenvalue weighted by atomic mass is 16.2. The number of likely N-dealkylation sites (tertiary alicyclic amines) is 1. The molecule has 0 unspecified atom stereocenters. The zero-order valence-corrected chi connectivity index (χ0v) is 13.9. The highest BCUT2D eigenvalue weighted by Crippen LogP contribution is 2.29. The fourth-order valence-corrected chi connectivity index (χ4v) is 3.52. The molecule has 1 saturated heterocycles. The first kappa shape index (κ1) is 14.9. The molecule has 4 rings (SSSR count). The molecule has 3 heterocycles. The summed E-state index contributed by atoms with van der Waals surface area (Å²) < 4.78 is 2.06. The molecule has 0 radical (unpaired) electrons. The first-order valence-corrected chi connectivity index (χ1v) is 8.27. The summed E-state index contributed by atoms with van der Waals surface area (Å²) in [6, 6.07) is 11.7. The van der Waals surface area contributed by atoms with Crippen molar-refractivity contribution in [3.05, 3.63) is 59.5 Å². The number of amides is 1. The number of benzene rings is 1. The van der Waals surface area contributed by atoms with E-state index in [1.165, 1.54) is 0 Å². The molecule has 24 heavy (non-hydrogen) atoms. The Bertz CT molecular complexity index is 915. The highest BCUT2D eigenvalue weighted by Gasteiger charge is 2.31. The van der Waals surface area contributed by atoms with Gasteiger partial charge in [-0.15, -0.1) is 0 Å². The van der Waals surface area contributed by atoms with Crippen molar-refractivity contribution in [1.82, 2.24) is 19.4 Å². The monoisotopic (exact) mass is 320 g/mol. The summed E-state index contributed by atoms with van der Waals surface area (Å²) in [4.78, 5) is 23.8. The van der Waals surface area contributed by atoms with Crippen molar-refractivity contribution in [3.8, 4) is 0 Å². The van der Waals surface area contributed by atoms with Crippen LogP contribution in [0, 0.1) is 6.92 Å². The molecular weight excluding hydrogens is 300 g/mol. The second-order valence-electron chi connectivity index (χ2n) is 6.48. The number of carbonyl (C=O) groups excluding carboxylic acids is 1. The summed E-state index contributed by atoms with van der Waals surface area (Å²) in [5.41, 5.74) is 3.69. The van der Waals surface area contributed by atoms with Crippen molar-refractivity contribution in [2.24, 2.45) is 7.05 Å². The van der Waals surface area contributed by atoms with Crippen molar-refractivity contribution in [1.29, 1.82) is 0 Å². The van der Waals surface area contributed by atoms with Crippen LogP contribution in [0.15, 0.2) is 42.6 Å². The molecule has 3 aromatic rings. The summed E-state index contributed by atoms with van der Waals surface area (Å²) >= 11 is 0. The molecule has 122 valence electrons. The number of hydrogen-bond donors (Lipinski definition) is 0. The predicted octanol–water partition coefficient (Wildman–Crippen LogP) is 2.91. The predicted molar refractivity (Wildman–Crippen MR) is 92.9 cm³/mol. The third kappa shape index (κ3) is 2.46. The van der Waals surface area contributed by atoms with Gasteiger partial charge in [0.05, 0.1) is 0 Å². The Balaban J connectivity index is 1.57. The number of imidazole rings is 1. The van der Waals surface area contributed by atoms with E-state index in [-0.39, 0.29) is 11.8 Å². The molecule has 5 heteroatoms. The first-order valence-electron chi connectivity index (χ1n) is 8.27. The molecular formula is C19H20N4O. The smallest absolute Gasteiger partial charge is 0.253 e. The van der Waals surface area contributed by atoms with Crippen LogP contribution in [0.4, 0.5) is 0 Å². The Hall–Kier alpha value is -2.69. The molecule has 5 nitrogen and oxygen atoms in total. The molecule has 0 saturated carbocycles. The van der Waals surface area contributed by atoms with Crippen LogP contribution >= 0.6 is 0 Å². The van der Waals surface area contributed by atoms with Gasteiger partial charge in [-0.1, -0.05) is 17.7 Å². The fraction of sp³-hybridized carbons (Fsp3) is 0.316. The molecule has 0 bridgehead atoms. The molecule has 2 aromatic heterocycles. The molecule has 0 N–H and O–H groups in total. The third-order valence-corrected chi connectivity index (χ3v) is 4.77. The number of aromatic nitrogens is 3. The Kier molecular flexibility index (Phi) is 3.56. The molecule has 0 spiro atoms. The molecule has 1 atom stereocenters. The zero-order valence-electron chi connectivity index (χ0n) is 13.9. The van der Waals surface area contributed by atoms with Crippen LogP contribution < -0.4 is 0 Å². The Morgan fingerprint density at radius 1 is 1.25 bits per heavy atom. The minimum atomic E-state index is 0.109. The van der Waals surface area contributed by atoms with E-state index in [2.05, 4.69) is 9.55 Å². The van der Waals surface area contributed by atoms with Gasteiger partial charge in [-0.2, -0.15) is 0 Å². The summed E-state index contributed by atoms with van der Waals surface area (Å²) in [6.07, 6.45) is 2.73. The lowest BCUT2D eigenvalue weighted by Crippen LogP contribution is -2.28. The van der Waals surface area contributed by atoms with Crippen molar-refractivity contribution < 1.29 is 4.79 Å². The molecule has 1 aromatic carbocycles. The fourth-order valence-electron chi connectivity index (χ4n) is 3.52. The van der Waals surface area contributed by atoms with E-state index in [1.807, 2.05) is 55.3 Å². The average molecular weight is 320 g/mol. The van der Waals surface area contributed by atoms with Gasteiger partial charge in [0.1, 0.15) is 11.3 Å². The minimum Gasteiger partial charge on any atom is -0.338 e. The maximum absolute atomic E-state index is 12.7. The number of aryl methyl sites for hydroxylation is 2.